The molecule has 1 aliphatic rings. The van der Waals surface area contributed by atoms with Crippen molar-refractivity contribution in [3.05, 3.63) is 0 Å². The van der Waals surface area contributed by atoms with Gasteiger partial charge in [0.25, 0.3) is 0 Å². The van der Waals surface area contributed by atoms with E-state index in [1.165, 1.54) is 6.42 Å². The van der Waals surface area contributed by atoms with Crippen LogP contribution in [0, 0.1) is 0 Å². The van der Waals surface area contributed by atoms with Crippen LogP contribution in [0.5, 0.6) is 0 Å². The highest BCUT2D eigenvalue weighted by Gasteiger charge is 2.12. The zero-order valence-corrected chi connectivity index (χ0v) is 5.92. The highest BCUT2D eigenvalue weighted by molar-refractivity contribution is 5.68. The molecule has 1 N–H and O–H groups in total. The van der Waals surface area contributed by atoms with Crippen molar-refractivity contribution in [3.63, 3.8) is 0 Å². The van der Waals surface area contributed by atoms with Crippen molar-refractivity contribution in [2.45, 2.75) is 19.3 Å². The Labute approximate surface area is 60.0 Å². The molecule has 0 amide bonds. The second-order valence-electron chi connectivity index (χ2n) is 2.54. The summed E-state index contributed by atoms with van der Waals surface area (Å²) in [5.74, 6) is -0.738. The summed E-state index contributed by atoms with van der Waals surface area (Å²) in [5.41, 5.74) is 0. The molecular weight excluding hydrogens is 130 g/mol. The summed E-state index contributed by atoms with van der Waals surface area (Å²) >= 11 is 0. The third-order valence-electron chi connectivity index (χ3n) is 1.63. The van der Waals surface area contributed by atoms with Crippen LogP contribution in [0.1, 0.15) is 19.3 Å². The number of hydrogen-bond donors (Lipinski definition) is 1. The molecule has 0 fully saturated rings. The molecule has 0 saturated carbocycles. The van der Waals surface area contributed by atoms with E-state index in [1.54, 1.807) is 0 Å². The monoisotopic (exact) mass is 142 g/mol. The Morgan fingerprint density at radius 1 is 1.60 bits per heavy atom. The number of nitrogens with zero attached hydrogens (tertiary/aromatic N) is 1. The molecule has 3 nitrogen and oxygen atoms in total. The van der Waals surface area contributed by atoms with Gasteiger partial charge in [0.2, 0.25) is 6.54 Å². The van der Waals surface area contributed by atoms with Gasteiger partial charge in [-0.3, -0.25) is 0 Å². The molecule has 0 atom stereocenters. The maximum atomic E-state index is 10.2. The topological polar surface area (TPSA) is 40.3 Å². The molecule has 1 heterocycles. The number of carboxylic acid groups (broad SMARTS) is 1. The Bertz CT molecular complexity index is 163. The molecule has 0 aliphatic carbocycles. The maximum Gasteiger partial charge on any atom is 0.369 e. The third-order valence-corrected chi connectivity index (χ3v) is 1.63. The molecule has 56 valence electrons. The van der Waals surface area contributed by atoms with E-state index in [2.05, 4.69) is 0 Å². The van der Waals surface area contributed by atoms with Crippen LogP contribution in [0.2, 0.25) is 0 Å². The van der Waals surface area contributed by atoms with Gasteiger partial charge in [-0.15, -0.1) is 0 Å². The molecule has 0 aromatic heterocycles. The summed E-state index contributed by atoms with van der Waals surface area (Å²) in [4.78, 5) is 10.2. The SMILES string of the molecule is O=C(O)C[N+]1=CCCCC1. The van der Waals surface area contributed by atoms with Crippen molar-refractivity contribution in [3.8, 4) is 0 Å². The highest BCUT2D eigenvalue weighted by Crippen LogP contribution is 1.99. The zero-order chi connectivity index (χ0) is 7.40. The lowest BCUT2D eigenvalue weighted by atomic mass is 10.2. The number of rotatable bonds is 2. The summed E-state index contributed by atoms with van der Waals surface area (Å²) in [5, 5.41) is 8.40. The van der Waals surface area contributed by atoms with Gasteiger partial charge in [0.05, 0.1) is 0 Å². The normalized spacial score (nSPS) is 18.2. The van der Waals surface area contributed by atoms with Gasteiger partial charge in [-0.2, -0.15) is 0 Å². The van der Waals surface area contributed by atoms with Crippen LogP contribution in [-0.4, -0.2) is 35.0 Å². The Hall–Kier alpha value is -0.860. The number of aliphatic carboxylic acids is 1. The second kappa shape index (κ2) is 3.34. The molecule has 0 saturated heterocycles. The molecular formula is C7H12NO2+. The van der Waals surface area contributed by atoms with E-state index in [0.717, 1.165) is 19.4 Å². The largest absolute Gasteiger partial charge is 0.477 e. The number of hydrogen-bond acceptors (Lipinski definition) is 1. The second-order valence-corrected chi connectivity index (χ2v) is 2.54. The lowest BCUT2D eigenvalue weighted by Gasteiger charge is -2.04. The Morgan fingerprint density at radius 2 is 2.40 bits per heavy atom. The van der Waals surface area contributed by atoms with E-state index in [4.69, 9.17) is 5.11 Å². The Balaban J connectivity index is 2.38. The quantitative estimate of drug-likeness (QED) is 0.565. The van der Waals surface area contributed by atoms with E-state index in [1.807, 2.05) is 10.8 Å². The van der Waals surface area contributed by atoms with Crippen molar-refractivity contribution >= 4 is 12.2 Å². The van der Waals surface area contributed by atoms with Crippen LogP contribution in [0.3, 0.4) is 0 Å². The van der Waals surface area contributed by atoms with Crippen LogP contribution in [0.15, 0.2) is 0 Å². The molecule has 0 bridgehead atoms. The van der Waals surface area contributed by atoms with Gasteiger partial charge in [0.15, 0.2) is 0 Å². The van der Waals surface area contributed by atoms with E-state index >= 15 is 0 Å². The molecule has 3 heteroatoms. The van der Waals surface area contributed by atoms with E-state index in [-0.39, 0.29) is 6.54 Å². The van der Waals surface area contributed by atoms with E-state index in [9.17, 15) is 4.79 Å². The standard InChI is InChI=1S/C7H11NO2/c9-7(10)6-8-4-2-1-3-5-8/h4H,1-3,5-6H2/p+1. The average Bonchev–Trinajstić information content (AvgIpc) is 1.88. The number of carboxylic acids is 1. The molecule has 0 aromatic carbocycles. The van der Waals surface area contributed by atoms with Gasteiger partial charge in [0.1, 0.15) is 12.8 Å². The Morgan fingerprint density at radius 3 is 2.90 bits per heavy atom. The first kappa shape index (κ1) is 7.25. The minimum absolute atomic E-state index is 0.167. The van der Waals surface area contributed by atoms with Crippen molar-refractivity contribution in [2.75, 3.05) is 13.1 Å². The van der Waals surface area contributed by atoms with Gasteiger partial charge >= 0.3 is 5.97 Å². The van der Waals surface area contributed by atoms with Crippen molar-refractivity contribution in [2.24, 2.45) is 0 Å². The van der Waals surface area contributed by atoms with E-state index < -0.39 is 5.97 Å². The molecule has 0 radical (unpaired) electrons. The fourth-order valence-corrected chi connectivity index (χ4v) is 1.14. The first-order chi connectivity index (χ1) is 4.79. The van der Waals surface area contributed by atoms with Crippen LogP contribution in [0.25, 0.3) is 0 Å². The molecule has 1 aliphatic heterocycles. The first-order valence-corrected chi connectivity index (χ1v) is 3.58. The van der Waals surface area contributed by atoms with Gasteiger partial charge in [-0.1, -0.05) is 0 Å². The summed E-state index contributed by atoms with van der Waals surface area (Å²) < 4.78 is 1.87. The van der Waals surface area contributed by atoms with Crippen molar-refractivity contribution < 1.29 is 14.5 Å². The Kier molecular flexibility index (Phi) is 2.42. The van der Waals surface area contributed by atoms with Gasteiger partial charge in [-0.05, 0) is 6.42 Å². The third kappa shape index (κ3) is 2.17. The molecule has 0 aromatic rings. The lowest BCUT2D eigenvalue weighted by Crippen LogP contribution is -2.25. The predicted molar refractivity (Wildman–Crippen MR) is 37.5 cm³/mol. The van der Waals surface area contributed by atoms with Crippen molar-refractivity contribution in [1.29, 1.82) is 0 Å². The van der Waals surface area contributed by atoms with Crippen molar-refractivity contribution in [1.82, 2.24) is 0 Å². The van der Waals surface area contributed by atoms with E-state index in [0.29, 0.717) is 0 Å². The van der Waals surface area contributed by atoms with Gasteiger partial charge in [0, 0.05) is 12.8 Å². The van der Waals surface area contributed by atoms with Gasteiger partial charge in [-0.25, -0.2) is 9.37 Å². The fraction of sp³-hybridized carbons (Fsp3) is 0.714. The minimum Gasteiger partial charge on any atom is -0.477 e. The summed E-state index contributed by atoms with van der Waals surface area (Å²) in [6, 6.07) is 0. The van der Waals surface area contributed by atoms with Gasteiger partial charge < -0.3 is 5.11 Å². The molecule has 10 heavy (non-hydrogen) atoms. The summed E-state index contributed by atoms with van der Waals surface area (Å²) in [6.07, 6.45) is 5.35. The first-order valence-electron chi connectivity index (χ1n) is 3.58. The fourth-order valence-electron chi connectivity index (χ4n) is 1.14. The summed E-state index contributed by atoms with van der Waals surface area (Å²) in [7, 11) is 0. The number of carbonyl (C=O) groups is 1. The van der Waals surface area contributed by atoms with Crippen LogP contribution in [0.4, 0.5) is 0 Å². The lowest BCUT2D eigenvalue weighted by molar-refractivity contribution is -0.518. The molecule has 1 rings (SSSR count). The highest BCUT2D eigenvalue weighted by atomic mass is 16.4. The smallest absolute Gasteiger partial charge is 0.369 e. The molecule has 0 spiro atoms. The van der Waals surface area contributed by atoms with Crippen LogP contribution in [-0.2, 0) is 4.79 Å². The molecule has 0 unspecified atom stereocenters. The maximum absolute atomic E-state index is 10.2. The van der Waals surface area contributed by atoms with Crippen LogP contribution >= 0.6 is 0 Å². The summed E-state index contributed by atoms with van der Waals surface area (Å²) in [6.45, 7) is 1.08. The average molecular weight is 142 g/mol. The minimum atomic E-state index is -0.738. The predicted octanol–water partition coefficient (Wildman–Crippen LogP) is 0.338. The van der Waals surface area contributed by atoms with Crippen LogP contribution < -0.4 is 0 Å². The zero-order valence-electron chi connectivity index (χ0n) is 5.92.